The highest BCUT2D eigenvalue weighted by Gasteiger charge is 2.34. The topological polar surface area (TPSA) is 107 Å². The van der Waals surface area contributed by atoms with E-state index in [2.05, 4.69) is 14.8 Å². The Hall–Kier alpha value is -4.47. The largest absolute Gasteiger partial charge is 0.440 e. The number of rotatable bonds is 7. The first kappa shape index (κ1) is 33.4. The molecule has 0 radical (unpaired) electrons. The second-order valence-corrected chi connectivity index (χ2v) is 9.83. The van der Waals surface area contributed by atoms with Gasteiger partial charge in [-0.2, -0.15) is 35.5 Å². The lowest BCUT2D eigenvalue weighted by atomic mass is 9.95. The number of hydrogen-bond donors (Lipinski definition) is 1. The second-order valence-electron chi connectivity index (χ2n) is 9.29. The molecule has 1 N–H and O–H groups in total. The summed E-state index contributed by atoms with van der Waals surface area (Å²) in [6.45, 7) is -0.483. The molecule has 0 fully saturated rings. The van der Waals surface area contributed by atoms with Gasteiger partial charge in [-0.05, 0) is 66.1 Å². The van der Waals surface area contributed by atoms with Gasteiger partial charge in [0, 0.05) is 29.8 Å². The van der Waals surface area contributed by atoms with Gasteiger partial charge in [0.15, 0.2) is 17.3 Å². The molecular weight excluding hydrogens is 652 g/mol. The molecule has 0 aliphatic carbocycles. The van der Waals surface area contributed by atoms with Gasteiger partial charge < -0.3 is 14.3 Å². The minimum Gasteiger partial charge on any atom is -0.440 e. The van der Waals surface area contributed by atoms with Crippen molar-refractivity contribution in [2.75, 3.05) is 0 Å². The summed E-state index contributed by atoms with van der Waals surface area (Å²) in [5, 5.41) is 13.1. The van der Waals surface area contributed by atoms with Gasteiger partial charge in [-0.25, -0.2) is 14.1 Å². The van der Waals surface area contributed by atoms with Crippen LogP contribution in [0.4, 0.5) is 26.3 Å². The van der Waals surface area contributed by atoms with Gasteiger partial charge in [-0.3, -0.25) is 0 Å². The molecule has 236 valence electrons. The lowest BCUT2D eigenvalue weighted by Crippen LogP contribution is -2.08. The third-order valence-corrected chi connectivity index (χ3v) is 6.74. The van der Waals surface area contributed by atoms with Crippen molar-refractivity contribution in [3.8, 4) is 45.1 Å². The van der Waals surface area contributed by atoms with E-state index in [1.54, 1.807) is 25.1 Å². The van der Waals surface area contributed by atoms with Gasteiger partial charge in [0.1, 0.15) is 17.3 Å². The van der Waals surface area contributed by atoms with Crippen molar-refractivity contribution in [2.24, 2.45) is 0 Å². The van der Waals surface area contributed by atoms with Crippen LogP contribution in [0.1, 0.15) is 22.7 Å². The number of aromatic nitrogens is 3. The molecular formula is C29H20ClF6N3O5S. The van der Waals surface area contributed by atoms with Crippen LogP contribution in [0.15, 0.2) is 65.2 Å². The molecule has 45 heavy (non-hydrogen) atoms. The Morgan fingerprint density at radius 3 is 2.31 bits per heavy atom. The monoisotopic (exact) mass is 671 g/mol. The van der Waals surface area contributed by atoms with Crippen LogP contribution in [0.2, 0.25) is 5.02 Å². The molecule has 5 rings (SSSR count). The van der Waals surface area contributed by atoms with Gasteiger partial charge in [-0.1, -0.05) is 23.7 Å². The fourth-order valence-electron chi connectivity index (χ4n) is 4.49. The first-order valence-corrected chi connectivity index (χ1v) is 13.6. The van der Waals surface area contributed by atoms with Crippen molar-refractivity contribution in [2.45, 2.75) is 33.2 Å². The van der Waals surface area contributed by atoms with E-state index in [1.807, 2.05) is 0 Å². The second kappa shape index (κ2) is 13.7. The predicted molar refractivity (Wildman–Crippen MR) is 151 cm³/mol. The van der Waals surface area contributed by atoms with E-state index in [4.69, 9.17) is 24.4 Å². The van der Waals surface area contributed by atoms with Crippen LogP contribution in [-0.4, -0.2) is 34.9 Å². The number of ether oxygens (including phenoxy) is 1. The minimum absolute atomic E-state index is 0.0838. The maximum Gasteiger partial charge on any atom is 0.435 e. The summed E-state index contributed by atoms with van der Waals surface area (Å²) in [7, 11) is 0. The highest BCUT2D eigenvalue weighted by Crippen LogP contribution is 2.41. The lowest BCUT2D eigenvalue weighted by molar-refractivity contribution is -0.141. The highest BCUT2D eigenvalue weighted by molar-refractivity contribution is 7.51. The molecule has 5 aromatic rings. The number of aryl methyl sites for hydroxylation is 2. The molecule has 0 amide bonds. The van der Waals surface area contributed by atoms with E-state index in [0.29, 0.717) is 16.7 Å². The van der Waals surface area contributed by atoms with Crippen LogP contribution in [0.3, 0.4) is 0 Å². The van der Waals surface area contributed by atoms with Gasteiger partial charge in [0.05, 0.1) is 17.3 Å². The normalized spacial score (nSPS) is 11.4. The minimum atomic E-state index is -4.70. The Bertz CT molecular complexity index is 1860. The lowest BCUT2D eigenvalue weighted by Gasteiger charge is -2.14. The maximum absolute atomic E-state index is 14.7. The first-order valence-electron chi connectivity index (χ1n) is 12.6. The average molecular weight is 672 g/mol. The molecule has 0 aliphatic heterocycles. The summed E-state index contributed by atoms with van der Waals surface area (Å²) < 4.78 is 109. The molecule has 0 unspecified atom stereocenters. The number of hydrogen-bond acceptors (Lipinski definition) is 7. The highest BCUT2D eigenvalue weighted by atomic mass is 35.5. The van der Waals surface area contributed by atoms with Crippen LogP contribution < -0.4 is 4.74 Å². The van der Waals surface area contributed by atoms with E-state index in [-0.39, 0.29) is 50.5 Å². The predicted octanol–water partition coefficient (Wildman–Crippen LogP) is 7.71. The van der Waals surface area contributed by atoms with Crippen molar-refractivity contribution < 1.29 is 49.0 Å². The molecule has 0 bridgehead atoms. The van der Waals surface area contributed by atoms with Crippen LogP contribution in [0.5, 0.6) is 5.75 Å². The maximum atomic E-state index is 14.7. The molecule has 0 atom stereocenters. The molecule has 2 aromatic heterocycles. The molecule has 8 nitrogen and oxygen atoms in total. The molecule has 0 saturated carbocycles. The number of aliphatic hydroxyl groups excluding tert-OH is 1. The standard InChI is InChI=1S/C29H20ClF6N3O3.O2S/c1-14-9-18(11-22(31)20(14)13-40)16-4-6-23(39-8-7-25(38-39)29(34,35)36)19(10-16)26-27(41-15(2)37-26)17-3-5-21(30)24(12-17)42-28(32)33;1-3-2/h3-12,28,40H,13H2,1-2H3;. The summed E-state index contributed by atoms with van der Waals surface area (Å²) in [6.07, 6.45) is -3.57. The summed E-state index contributed by atoms with van der Waals surface area (Å²) >= 11 is 5.27. The quantitative estimate of drug-likeness (QED) is 0.177. The van der Waals surface area contributed by atoms with E-state index in [1.165, 1.54) is 37.3 Å². The van der Waals surface area contributed by atoms with Crippen LogP contribution in [0, 0.1) is 19.7 Å². The Kier molecular flexibility index (Phi) is 10.2. The zero-order chi connectivity index (χ0) is 33.1. The fourth-order valence-corrected chi connectivity index (χ4v) is 4.65. The molecule has 0 saturated heterocycles. The first-order chi connectivity index (χ1) is 21.3. The number of halogens is 7. The molecule has 16 heteroatoms. The van der Waals surface area contributed by atoms with Crippen LogP contribution in [-0.2, 0) is 24.4 Å². The molecule has 0 aliphatic rings. The van der Waals surface area contributed by atoms with Gasteiger partial charge in [0.25, 0.3) is 0 Å². The van der Waals surface area contributed by atoms with Crippen molar-refractivity contribution in [1.82, 2.24) is 14.8 Å². The molecule has 2 heterocycles. The fraction of sp³-hybridized carbons (Fsp3) is 0.172. The van der Waals surface area contributed by atoms with Gasteiger partial charge in [0.2, 0.25) is 0 Å². The Balaban J connectivity index is 0.00000148. The van der Waals surface area contributed by atoms with Crippen molar-refractivity contribution in [3.05, 3.63) is 94.3 Å². The smallest absolute Gasteiger partial charge is 0.435 e. The summed E-state index contributed by atoms with van der Waals surface area (Å²) in [6, 6.07) is 12.4. The van der Waals surface area contributed by atoms with Crippen molar-refractivity contribution in [3.63, 3.8) is 0 Å². The van der Waals surface area contributed by atoms with E-state index < -0.39 is 42.5 Å². The number of oxazole rings is 1. The van der Waals surface area contributed by atoms with Crippen LogP contribution in [0.25, 0.3) is 39.4 Å². The number of benzene rings is 3. The van der Waals surface area contributed by atoms with E-state index in [0.717, 1.165) is 16.9 Å². The van der Waals surface area contributed by atoms with Crippen LogP contribution >= 0.6 is 11.6 Å². The van der Waals surface area contributed by atoms with Gasteiger partial charge in [-0.15, -0.1) is 0 Å². The zero-order valence-electron chi connectivity index (χ0n) is 23.0. The molecule has 0 spiro atoms. The Labute approximate surface area is 259 Å². The number of aliphatic hydroxyl groups is 1. The molecule has 3 aromatic carbocycles. The van der Waals surface area contributed by atoms with Gasteiger partial charge >= 0.3 is 24.4 Å². The summed E-state index contributed by atoms with van der Waals surface area (Å²) in [5.74, 6) is -0.711. The third-order valence-electron chi connectivity index (χ3n) is 6.43. The Morgan fingerprint density at radius 1 is 1.02 bits per heavy atom. The Morgan fingerprint density at radius 2 is 1.71 bits per heavy atom. The number of alkyl halides is 5. The number of nitrogens with zero attached hydrogens (tertiary/aromatic N) is 3. The SMILES string of the molecule is Cc1nc(-c2cc(-c3cc(C)c(CO)c(F)c3)ccc2-n2ccc(C(F)(F)F)n2)c(-c2ccc(Cl)c(OC(F)F)c2)o1.O=S=O. The zero-order valence-corrected chi connectivity index (χ0v) is 24.6. The van der Waals surface area contributed by atoms with Crippen molar-refractivity contribution >= 4 is 23.2 Å². The van der Waals surface area contributed by atoms with E-state index in [9.17, 15) is 31.4 Å². The average Bonchev–Trinajstić information content (AvgIpc) is 3.61. The van der Waals surface area contributed by atoms with Crippen molar-refractivity contribution in [1.29, 1.82) is 0 Å². The van der Waals surface area contributed by atoms with E-state index >= 15 is 0 Å². The third kappa shape index (κ3) is 7.44. The summed E-state index contributed by atoms with van der Waals surface area (Å²) in [5.41, 5.74) is 1.18. The summed E-state index contributed by atoms with van der Waals surface area (Å²) in [4.78, 5) is 4.45.